The number of aryl methyl sites for hydroxylation is 2. The van der Waals surface area contributed by atoms with E-state index in [1.807, 2.05) is 32.0 Å². The normalized spacial score (nSPS) is 11.7. The second-order valence-electron chi connectivity index (χ2n) is 6.42. The number of amides is 1. The van der Waals surface area contributed by atoms with Crippen molar-refractivity contribution in [3.05, 3.63) is 53.1 Å². The van der Waals surface area contributed by atoms with Gasteiger partial charge in [-0.1, -0.05) is 12.1 Å². The van der Waals surface area contributed by atoms with Crippen LogP contribution in [0.1, 0.15) is 23.6 Å². The molecular formula is C21H25N3O5. The highest BCUT2D eigenvalue weighted by Gasteiger charge is 2.18. The monoisotopic (exact) mass is 399 g/mol. The van der Waals surface area contributed by atoms with Gasteiger partial charge in [-0.2, -0.15) is 5.10 Å². The summed E-state index contributed by atoms with van der Waals surface area (Å²) < 4.78 is 10.7. The maximum absolute atomic E-state index is 12.0. The number of nitrogens with zero attached hydrogens (tertiary/aromatic N) is 1. The van der Waals surface area contributed by atoms with Crippen LogP contribution in [-0.4, -0.2) is 43.0 Å². The molecule has 29 heavy (non-hydrogen) atoms. The third kappa shape index (κ3) is 6.24. The molecule has 3 N–H and O–H groups in total. The van der Waals surface area contributed by atoms with Crippen molar-refractivity contribution in [3.63, 3.8) is 0 Å². The SMILES string of the molecule is COc1cccc(/C=N\NC(=O)CNc2ccc(C)c(C)c2)c1O[C@@H](C)C(=O)O. The number of methoxy groups -OCH3 is 1. The first-order valence-electron chi connectivity index (χ1n) is 9.01. The summed E-state index contributed by atoms with van der Waals surface area (Å²) in [4.78, 5) is 23.1. The van der Waals surface area contributed by atoms with Gasteiger partial charge in [-0.15, -0.1) is 0 Å². The van der Waals surface area contributed by atoms with E-state index in [1.165, 1.54) is 25.8 Å². The third-order valence-electron chi connectivity index (χ3n) is 4.22. The molecule has 154 valence electrons. The first kappa shape index (κ1) is 21.7. The van der Waals surface area contributed by atoms with E-state index >= 15 is 0 Å². The van der Waals surface area contributed by atoms with E-state index < -0.39 is 12.1 Å². The molecule has 1 amide bonds. The van der Waals surface area contributed by atoms with Crippen LogP contribution in [-0.2, 0) is 9.59 Å². The summed E-state index contributed by atoms with van der Waals surface area (Å²) in [5, 5.41) is 16.0. The number of aliphatic carboxylic acids is 1. The Morgan fingerprint density at radius 2 is 1.97 bits per heavy atom. The second kappa shape index (κ2) is 10.1. The number of carbonyl (C=O) groups is 2. The first-order chi connectivity index (χ1) is 13.8. The van der Waals surface area contributed by atoms with Gasteiger partial charge in [0, 0.05) is 11.3 Å². The van der Waals surface area contributed by atoms with Crippen molar-refractivity contribution in [3.8, 4) is 11.5 Å². The summed E-state index contributed by atoms with van der Waals surface area (Å²) >= 11 is 0. The molecule has 2 rings (SSSR count). The van der Waals surface area contributed by atoms with E-state index in [-0.39, 0.29) is 18.2 Å². The Balaban J connectivity index is 2.00. The van der Waals surface area contributed by atoms with Crippen molar-refractivity contribution in [2.24, 2.45) is 5.10 Å². The Bertz CT molecular complexity index is 911. The minimum absolute atomic E-state index is 0.0529. The van der Waals surface area contributed by atoms with Crippen molar-refractivity contribution >= 4 is 23.8 Å². The maximum Gasteiger partial charge on any atom is 0.344 e. The van der Waals surface area contributed by atoms with Gasteiger partial charge in [-0.3, -0.25) is 4.79 Å². The standard InChI is InChI=1S/C21H25N3O5/c1-13-8-9-17(10-14(13)2)22-12-19(25)24-23-11-16-6-5-7-18(28-4)20(16)29-15(3)21(26)27/h5-11,15,22H,12H2,1-4H3,(H,24,25)(H,26,27)/b23-11-/t15-/m0/s1. The van der Waals surface area contributed by atoms with Gasteiger partial charge in [-0.05, 0) is 56.2 Å². The lowest BCUT2D eigenvalue weighted by Gasteiger charge is -2.15. The summed E-state index contributed by atoms with van der Waals surface area (Å²) in [5.41, 5.74) is 6.05. The predicted molar refractivity (Wildman–Crippen MR) is 111 cm³/mol. The smallest absolute Gasteiger partial charge is 0.344 e. The molecule has 0 spiro atoms. The topological polar surface area (TPSA) is 109 Å². The van der Waals surface area contributed by atoms with Crippen LogP contribution in [0.15, 0.2) is 41.5 Å². The number of anilines is 1. The van der Waals surface area contributed by atoms with Gasteiger partial charge < -0.3 is 19.9 Å². The van der Waals surface area contributed by atoms with E-state index in [1.54, 1.807) is 18.2 Å². The van der Waals surface area contributed by atoms with Crippen molar-refractivity contribution in [1.29, 1.82) is 0 Å². The molecule has 0 aliphatic heterocycles. The van der Waals surface area contributed by atoms with Crippen molar-refractivity contribution in [2.75, 3.05) is 19.0 Å². The summed E-state index contributed by atoms with van der Waals surface area (Å²) in [6, 6.07) is 10.9. The molecule has 0 saturated carbocycles. The number of ether oxygens (including phenoxy) is 2. The minimum atomic E-state index is -1.11. The fourth-order valence-electron chi connectivity index (χ4n) is 2.40. The largest absolute Gasteiger partial charge is 0.493 e. The van der Waals surface area contributed by atoms with Gasteiger partial charge in [0.05, 0.1) is 19.9 Å². The molecule has 0 aliphatic rings. The summed E-state index contributed by atoms with van der Waals surface area (Å²) in [6.07, 6.45) is 0.301. The van der Waals surface area contributed by atoms with E-state index in [0.29, 0.717) is 11.3 Å². The highest BCUT2D eigenvalue weighted by atomic mass is 16.5. The lowest BCUT2D eigenvalue weighted by atomic mass is 10.1. The zero-order valence-corrected chi connectivity index (χ0v) is 16.9. The van der Waals surface area contributed by atoms with E-state index in [0.717, 1.165) is 11.3 Å². The van der Waals surface area contributed by atoms with Gasteiger partial charge in [0.15, 0.2) is 17.6 Å². The van der Waals surface area contributed by atoms with Crippen LogP contribution < -0.4 is 20.2 Å². The zero-order chi connectivity index (χ0) is 21.4. The van der Waals surface area contributed by atoms with E-state index in [9.17, 15) is 9.59 Å². The van der Waals surface area contributed by atoms with E-state index in [2.05, 4.69) is 15.8 Å². The van der Waals surface area contributed by atoms with Crippen molar-refractivity contribution < 1.29 is 24.2 Å². The highest BCUT2D eigenvalue weighted by molar-refractivity contribution is 5.87. The van der Waals surface area contributed by atoms with Gasteiger partial charge >= 0.3 is 5.97 Å². The van der Waals surface area contributed by atoms with Crippen LogP contribution in [0.5, 0.6) is 11.5 Å². The number of hydrogen-bond acceptors (Lipinski definition) is 6. The lowest BCUT2D eigenvalue weighted by Crippen LogP contribution is -2.26. The summed E-state index contributed by atoms with van der Waals surface area (Å²) in [6.45, 7) is 5.49. The third-order valence-corrected chi connectivity index (χ3v) is 4.22. The Kier molecular flexibility index (Phi) is 7.59. The van der Waals surface area contributed by atoms with E-state index in [4.69, 9.17) is 14.6 Å². The second-order valence-corrected chi connectivity index (χ2v) is 6.42. The van der Waals surface area contributed by atoms with Gasteiger partial charge in [0.2, 0.25) is 0 Å². The molecule has 0 unspecified atom stereocenters. The van der Waals surface area contributed by atoms with Crippen LogP contribution in [0.4, 0.5) is 5.69 Å². The van der Waals surface area contributed by atoms with Crippen LogP contribution in [0.3, 0.4) is 0 Å². The number of carboxylic acid groups (broad SMARTS) is 1. The maximum atomic E-state index is 12.0. The number of nitrogens with one attached hydrogen (secondary N) is 2. The number of para-hydroxylation sites is 1. The number of carboxylic acids is 1. The molecule has 0 radical (unpaired) electrons. The Labute approximate surface area is 169 Å². The van der Waals surface area contributed by atoms with Crippen LogP contribution in [0, 0.1) is 13.8 Å². The van der Waals surface area contributed by atoms with Crippen LogP contribution >= 0.6 is 0 Å². The van der Waals surface area contributed by atoms with Crippen molar-refractivity contribution in [1.82, 2.24) is 5.43 Å². The quantitative estimate of drug-likeness (QED) is 0.442. The number of hydrogen-bond donors (Lipinski definition) is 3. The van der Waals surface area contributed by atoms with Gasteiger partial charge in [0.1, 0.15) is 0 Å². The molecule has 2 aromatic carbocycles. The number of rotatable bonds is 9. The molecule has 0 heterocycles. The molecule has 2 aromatic rings. The molecule has 8 heteroatoms. The average Bonchev–Trinajstić information content (AvgIpc) is 2.69. The Hall–Kier alpha value is -3.55. The van der Waals surface area contributed by atoms with Crippen LogP contribution in [0.25, 0.3) is 0 Å². The molecule has 1 atom stereocenters. The molecule has 0 bridgehead atoms. The molecule has 0 aliphatic carbocycles. The predicted octanol–water partition coefficient (Wildman–Crippen LogP) is 2.73. The van der Waals surface area contributed by atoms with Gasteiger partial charge in [-0.25, -0.2) is 10.2 Å². The summed E-state index contributed by atoms with van der Waals surface area (Å²) in [7, 11) is 1.45. The first-order valence-corrected chi connectivity index (χ1v) is 9.01. The molecule has 0 fully saturated rings. The number of hydrazone groups is 1. The molecule has 0 saturated heterocycles. The van der Waals surface area contributed by atoms with Gasteiger partial charge in [0.25, 0.3) is 5.91 Å². The number of carbonyl (C=O) groups excluding carboxylic acids is 1. The fourth-order valence-corrected chi connectivity index (χ4v) is 2.40. The highest BCUT2D eigenvalue weighted by Crippen LogP contribution is 2.31. The van der Waals surface area contributed by atoms with Crippen LogP contribution in [0.2, 0.25) is 0 Å². The average molecular weight is 399 g/mol. The fraction of sp³-hybridized carbons (Fsp3) is 0.286. The lowest BCUT2D eigenvalue weighted by molar-refractivity contribution is -0.144. The van der Waals surface area contributed by atoms with Crippen molar-refractivity contribution in [2.45, 2.75) is 26.9 Å². The Morgan fingerprint density at radius 1 is 1.21 bits per heavy atom. The Morgan fingerprint density at radius 3 is 2.62 bits per heavy atom. The minimum Gasteiger partial charge on any atom is -0.493 e. The molecule has 0 aromatic heterocycles. The number of benzene rings is 2. The zero-order valence-electron chi connectivity index (χ0n) is 16.9. The molecular weight excluding hydrogens is 374 g/mol. The summed E-state index contributed by atoms with van der Waals surface area (Å²) in [5.74, 6) is -0.839. The molecule has 8 nitrogen and oxygen atoms in total.